The second kappa shape index (κ2) is 6.37. The number of carboxylic acid groups (broad SMARTS) is 1. The Morgan fingerprint density at radius 3 is 2.53 bits per heavy atom. The molecule has 1 saturated heterocycles. The molecule has 1 saturated carbocycles. The first-order valence-corrected chi connectivity index (χ1v) is 7.16. The summed E-state index contributed by atoms with van der Waals surface area (Å²) in [7, 11) is 1.71. The van der Waals surface area contributed by atoms with E-state index in [9.17, 15) is 9.59 Å². The lowest BCUT2D eigenvalue weighted by Gasteiger charge is -2.29. The fraction of sp³-hybridized carbons (Fsp3) is 0.857. The molecule has 19 heavy (non-hydrogen) atoms. The van der Waals surface area contributed by atoms with Crippen LogP contribution in [0.2, 0.25) is 0 Å². The molecule has 5 nitrogen and oxygen atoms in total. The number of rotatable bonds is 4. The molecule has 0 spiro atoms. The summed E-state index contributed by atoms with van der Waals surface area (Å²) in [5, 5.41) is 9.12. The molecule has 2 rings (SSSR count). The Morgan fingerprint density at radius 1 is 1.21 bits per heavy atom. The highest BCUT2D eigenvalue weighted by Crippen LogP contribution is 2.28. The van der Waals surface area contributed by atoms with Gasteiger partial charge in [0.1, 0.15) is 5.92 Å². The van der Waals surface area contributed by atoms with Crippen LogP contribution in [-0.4, -0.2) is 48.2 Å². The van der Waals surface area contributed by atoms with Gasteiger partial charge < -0.3 is 14.7 Å². The van der Waals surface area contributed by atoms with Gasteiger partial charge in [-0.05, 0) is 18.8 Å². The molecule has 108 valence electrons. The van der Waals surface area contributed by atoms with Gasteiger partial charge in [-0.25, -0.2) is 0 Å². The standard InChI is InChI=1S/C14H23NO4/c1-15(12-9-19-8-11(12)14(17)18)13(16)7-10-5-3-2-4-6-10/h10-12H,2-9H2,1H3,(H,17,18). The van der Waals surface area contributed by atoms with Crippen LogP contribution < -0.4 is 0 Å². The Kier molecular flexibility index (Phi) is 4.80. The summed E-state index contributed by atoms with van der Waals surface area (Å²) in [5.41, 5.74) is 0. The van der Waals surface area contributed by atoms with Crippen molar-refractivity contribution < 1.29 is 19.4 Å². The van der Waals surface area contributed by atoms with E-state index in [4.69, 9.17) is 9.84 Å². The van der Waals surface area contributed by atoms with Gasteiger partial charge in [-0.2, -0.15) is 0 Å². The Morgan fingerprint density at radius 2 is 1.89 bits per heavy atom. The van der Waals surface area contributed by atoms with Crippen LogP contribution >= 0.6 is 0 Å². The smallest absolute Gasteiger partial charge is 0.311 e. The van der Waals surface area contributed by atoms with Gasteiger partial charge in [0.15, 0.2) is 0 Å². The second-order valence-electron chi connectivity index (χ2n) is 5.76. The predicted molar refractivity (Wildman–Crippen MR) is 69.7 cm³/mol. The Hall–Kier alpha value is -1.10. The van der Waals surface area contributed by atoms with Crippen LogP contribution in [0.25, 0.3) is 0 Å². The van der Waals surface area contributed by atoms with Gasteiger partial charge in [0, 0.05) is 13.5 Å². The van der Waals surface area contributed by atoms with Gasteiger partial charge in [0.2, 0.25) is 5.91 Å². The van der Waals surface area contributed by atoms with Crippen LogP contribution in [-0.2, 0) is 14.3 Å². The van der Waals surface area contributed by atoms with Crippen molar-refractivity contribution >= 4 is 11.9 Å². The van der Waals surface area contributed by atoms with Crippen molar-refractivity contribution in [3.05, 3.63) is 0 Å². The fourth-order valence-electron chi connectivity index (χ4n) is 3.13. The summed E-state index contributed by atoms with van der Waals surface area (Å²) in [6, 6.07) is -0.311. The van der Waals surface area contributed by atoms with Gasteiger partial charge in [-0.3, -0.25) is 9.59 Å². The molecule has 5 heteroatoms. The van der Waals surface area contributed by atoms with Crippen LogP contribution in [0.1, 0.15) is 38.5 Å². The molecule has 0 aromatic rings. The Labute approximate surface area is 113 Å². The molecule has 1 heterocycles. The Bertz CT molecular complexity index is 338. The van der Waals surface area contributed by atoms with Crippen molar-refractivity contribution in [3.8, 4) is 0 Å². The van der Waals surface area contributed by atoms with Crippen LogP contribution in [0.5, 0.6) is 0 Å². The first-order chi connectivity index (χ1) is 9.09. The monoisotopic (exact) mass is 269 g/mol. The number of carboxylic acids is 1. The summed E-state index contributed by atoms with van der Waals surface area (Å²) < 4.78 is 5.22. The fourth-order valence-corrected chi connectivity index (χ4v) is 3.13. The maximum absolute atomic E-state index is 12.2. The van der Waals surface area contributed by atoms with E-state index in [-0.39, 0.29) is 18.6 Å². The second-order valence-corrected chi connectivity index (χ2v) is 5.76. The lowest BCUT2D eigenvalue weighted by molar-refractivity contribution is -0.144. The molecule has 1 aliphatic carbocycles. The summed E-state index contributed by atoms with van der Waals surface area (Å²) in [5.74, 6) is -0.914. The summed E-state index contributed by atoms with van der Waals surface area (Å²) >= 11 is 0. The minimum Gasteiger partial charge on any atom is -0.481 e. The first-order valence-electron chi connectivity index (χ1n) is 7.16. The number of carbonyl (C=O) groups is 2. The third-order valence-electron chi connectivity index (χ3n) is 4.45. The third kappa shape index (κ3) is 3.47. The highest BCUT2D eigenvalue weighted by atomic mass is 16.5. The number of nitrogens with zero attached hydrogens (tertiary/aromatic N) is 1. The largest absolute Gasteiger partial charge is 0.481 e. The molecule has 0 bridgehead atoms. The van der Waals surface area contributed by atoms with Gasteiger partial charge in [-0.15, -0.1) is 0 Å². The topological polar surface area (TPSA) is 66.8 Å². The van der Waals surface area contributed by atoms with Crippen molar-refractivity contribution in [2.45, 2.75) is 44.6 Å². The van der Waals surface area contributed by atoms with Crippen molar-refractivity contribution in [2.75, 3.05) is 20.3 Å². The van der Waals surface area contributed by atoms with Crippen molar-refractivity contribution in [3.63, 3.8) is 0 Å². The van der Waals surface area contributed by atoms with Crippen molar-refractivity contribution in [1.82, 2.24) is 4.90 Å². The average molecular weight is 269 g/mol. The summed E-state index contributed by atoms with van der Waals surface area (Å²) in [4.78, 5) is 25.0. The quantitative estimate of drug-likeness (QED) is 0.840. The van der Waals surface area contributed by atoms with E-state index >= 15 is 0 Å². The van der Waals surface area contributed by atoms with E-state index in [0.717, 1.165) is 12.8 Å². The zero-order chi connectivity index (χ0) is 13.8. The molecule has 0 aromatic carbocycles. The number of carbonyl (C=O) groups excluding carboxylic acids is 1. The molecular formula is C14H23NO4. The van der Waals surface area contributed by atoms with Gasteiger partial charge >= 0.3 is 5.97 Å². The lowest BCUT2D eigenvalue weighted by atomic mass is 9.86. The number of amides is 1. The molecule has 1 aliphatic heterocycles. The molecule has 0 radical (unpaired) electrons. The summed E-state index contributed by atoms with van der Waals surface area (Å²) in [6.45, 7) is 0.547. The lowest BCUT2D eigenvalue weighted by Crippen LogP contribution is -2.44. The molecule has 1 amide bonds. The van der Waals surface area contributed by atoms with Crippen LogP contribution in [0.4, 0.5) is 0 Å². The highest BCUT2D eigenvalue weighted by Gasteiger charge is 2.38. The number of likely N-dealkylation sites (N-methyl/N-ethyl adjacent to an activating group) is 1. The van der Waals surface area contributed by atoms with E-state index in [1.807, 2.05) is 0 Å². The maximum Gasteiger partial charge on any atom is 0.311 e. The SMILES string of the molecule is CN(C(=O)CC1CCCCC1)C1COCC1C(=O)O. The first kappa shape index (κ1) is 14.3. The predicted octanol–water partition coefficient (Wildman–Crippen LogP) is 1.51. The van der Waals surface area contributed by atoms with Crippen LogP contribution in [0.15, 0.2) is 0 Å². The highest BCUT2D eigenvalue weighted by molar-refractivity contribution is 5.78. The third-order valence-corrected chi connectivity index (χ3v) is 4.45. The van der Waals surface area contributed by atoms with E-state index in [2.05, 4.69) is 0 Å². The average Bonchev–Trinajstić information content (AvgIpc) is 2.88. The molecular weight excluding hydrogens is 246 g/mol. The Balaban J connectivity index is 1.88. The zero-order valence-electron chi connectivity index (χ0n) is 11.5. The number of ether oxygens (including phenoxy) is 1. The minimum atomic E-state index is -0.875. The van der Waals surface area contributed by atoms with Gasteiger partial charge in [0.25, 0.3) is 0 Å². The number of hydrogen-bond donors (Lipinski definition) is 1. The van der Waals surface area contributed by atoms with Crippen LogP contribution in [0, 0.1) is 11.8 Å². The molecule has 0 aromatic heterocycles. The number of aliphatic carboxylic acids is 1. The van der Waals surface area contributed by atoms with Crippen molar-refractivity contribution in [2.24, 2.45) is 11.8 Å². The molecule has 2 atom stereocenters. The summed E-state index contributed by atoms with van der Waals surface area (Å²) in [6.07, 6.45) is 6.52. The minimum absolute atomic E-state index is 0.0636. The molecule has 2 fully saturated rings. The van der Waals surface area contributed by atoms with E-state index in [1.165, 1.54) is 19.3 Å². The van der Waals surface area contributed by atoms with E-state index < -0.39 is 11.9 Å². The maximum atomic E-state index is 12.2. The molecule has 1 N–H and O–H groups in total. The van der Waals surface area contributed by atoms with Crippen LogP contribution in [0.3, 0.4) is 0 Å². The van der Waals surface area contributed by atoms with Gasteiger partial charge in [0.05, 0.1) is 19.3 Å². The molecule has 2 unspecified atom stereocenters. The van der Waals surface area contributed by atoms with E-state index in [1.54, 1.807) is 11.9 Å². The molecule has 2 aliphatic rings. The zero-order valence-corrected chi connectivity index (χ0v) is 11.5. The number of hydrogen-bond acceptors (Lipinski definition) is 3. The van der Waals surface area contributed by atoms with Crippen molar-refractivity contribution in [1.29, 1.82) is 0 Å². The van der Waals surface area contributed by atoms with Gasteiger partial charge in [-0.1, -0.05) is 19.3 Å². The van der Waals surface area contributed by atoms with E-state index in [0.29, 0.717) is 18.9 Å². The normalized spacial score (nSPS) is 28.3.